The lowest BCUT2D eigenvalue weighted by Gasteiger charge is -2.25. The summed E-state index contributed by atoms with van der Waals surface area (Å²) in [5.74, 6) is 4.55. The lowest BCUT2D eigenvalue weighted by molar-refractivity contribution is 0.386. The molecule has 4 rings (SSSR count). The third kappa shape index (κ3) is 2.76. The van der Waals surface area contributed by atoms with Gasteiger partial charge in [-0.15, -0.1) is 0 Å². The van der Waals surface area contributed by atoms with Crippen molar-refractivity contribution in [2.45, 2.75) is 31.7 Å². The first-order valence-electron chi connectivity index (χ1n) is 8.39. The number of fused-ring (bicyclic) bond motifs is 1. The molecule has 2 aliphatic rings. The van der Waals surface area contributed by atoms with Crippen LogP contribution in [0.1, 0.15) is 31.1 Å². The molecule has 0 aromatic carbocycles. The largest absolute Gasteiger partial charge is 0.310 e. The predicted molar refractivity (Wildman–Crippen MR) is 92.4 cm³/mol. The number of likely N-dealkylation sites (tertiary alicyclic amines) is 1. The van der Waals surface area contributed by atoms with Crippen LogP contribution in [0.5, 0.6) is 0 Å². The molecule has 1 atom stereocenters. The number of aromatic nitrogens is 3. The third-order valence-corrected chi connectivity index (χ3v) is 6.09. The second-order valence-electron chi connectivity index (χ2n) is 6.71. The number of hydrogen-bond donors (Lipinski definition) is 0. The van der Waals surface area contributed by atoms with E-state index in [9.17, 15) is 0 Å². The summed E-state index contributed by atoms with van der Waals surface area (Å²) in [7, 11) is 2.23. The molecule has 1 unspecified atom stereocenters. The molecule has 0 radical (unpaired) electrons. The van der Waals surface area contributed by atoms with Crippen molar-refractivity contribution in [3.05, 3.63) is 24.2 Å². The van der Waals surface area contributed by atoms with E-state index in [-0.39, 0.29) is 0 Å². The van der Waals surface area contributed by atoms with Crippen molar-refractivity contribution < 1.29 is 0 Å². The van der Waals surface area contributed by atoms with Crippen LogP contribution >= 0.6 is 11.8 Å². The van der Waals surface area contributed by atoms with Gasteiger partial charge in [0.25, 0.3) is 0 Å². The zero-order valence-corrected chi connectivity index (χ0v) is 14.1. The van der Waals surface area contributed by atoms with Crippen LogP contribution in [0.3, 0.4) is 0 Å². The van der Waals surface area contributed by atoms with Gasteiger partial charge in [-0.25, -0.2) is 9.97 Å². The van der Waals surface area contributed by atoms with Gasteiger partial charge in [0.1, 0.15) is 11.3 Å². The predicted octanol–water partition coefficient (Wildman–Crippen LogP) is 2.99. The lowest BCUT2D eigenvalue weighted by atomic mass is 10.0. The molecule has 2 saturated heterocycles. The van der Waals surface area contributed by atoms with Gasteiger partial charge in [0.15, 0.2) is 5.65 Å². The first-order valence-corrected chi connectivity index (χ1v) is 9.55. The van der Waals surface area contributed by atoms with E-state index in [1.807, 2.05) is 12.3 Å². The summed E-state index contributed by atoms with van der Waals surface area (Å²) >= 11 is 2.08. The highest BCUT2D eigenvalue weighted by molar-refractivity contribution is 7.99. The Kier molecular flexibility index (Phi) is 4.09. The van der Waals surface area contributed by atoms with Crippen LogP contribution in [-0.4, -0.2) is 51.1 Å². The Morgan fingerprint density at radius 3 is 2.91 bits per heavy atom. The highest BCUT2D eigenvalue weighted by Gasteiger charge is 2.26. The molecule has 4 nitrogen and oxygen atoms in total. The highest BCUT2D eigenvalue weighted by atomic mass is 32.2. The lowest BCUT2D eigenvalue weighted by Crippen LogP contribution is -2.20. The minimum atomic E-state index is 0.593. The second-order valence-corrected chi connectivity index (χ2v) is 7.93. The molecule has 2 aromatic heterocycles. The molecule has 118 valence electrons. The summed E-state index contributed by atoms with van der Waals surface area (Å²) in [5, 5.41) is 0. The van der Waals surface area contributed by atoms with Gasteiger partial charge >= 0.3 is 0 Å². The number of nitrogens with zero attached hydrogens (tertiary/aromatic N) is 4. The molecule has 5 heteroatoms. The van der Waals surface area contributed by atoms with Gasteiger partial charge in [-0.1, -0.05) is 0 Å². The Balaban J connectivity index is 1.69. The summed E-state index contributed by atoms with van der Waals surface area (Å²) in [6.07, 6.45) is 6.82. The van der Waals surface area contributed by atoms with Crippen LogP contribution in [-0.2, 0) is 6.42 Å². The van der Waals surface area contributed by atoms with Crippen molar-refractivity contribution in [3.63, 3.8) is 0 Å². The number of thioether (sulfide) groups is 1. The molecule has 0 aliphatic carbocycles. The maximum atomic E-state index is 4.95. The van der Waals surface area contributed by atoms with Crippen molar-refractivity contribution in [2.24, 2.45) is 5.92 Å². The number of pyridine rings is 1. The molecule has 2 aliphatic heterocycles. The van der Waals surface area contributed by atoms with Crippen LogP contribution in [0, 0.1) is 5.92 Å². The molecule has 2 fully saturated rings. The van der Waals surface area contributed by atoms with E-state index in [4.69, 9.17) is 4.98 Å². The van der Waals surface area contributed by atoms with Crippen molar-refractivity contribution >= 4 is 22.9 Å². The minimum Gasteiger partial charge on any atom is -0.310 e. The number of imidazole rings is 1. The van der Waals surface area contributed by atoms with E-state index in [1.165, 1.54) is 49.7 Å². The fraction of sp³-hybridized carbons (Fsp3) is 0.647. The Morgan fingerprint density at radius 1 is 1.27 bits per heavy atom. The van der Waals surface area contributed by atoms with Gasteiger partial charge in [-0.05, 0) is 62.4 Å². The standard InChI is InChI=1S/C17H24N4S/c1-20-8-4-13(12-20)11-16-19-15-3-2-7-18-17(15)21(16)14-5-9-22-10-6-14/h2-3,7,13-14H,4-6,8-12H2,1H3. The van der Waals surface area contributed by atoms with E-state index in [1.54, 1.807) is 0 Å². The van der Waals surface area contributed by atoms with E-state index in [0.717, 1.165) is 23.5 Å². The van der Waals surface area contributed by atoms with Gasteiger partial charge in [-0.3, -0.25) is 0 Å². The summed E-state index contributed by atoms with van der Waals surface area (Å²) in [6, 6.07) is 4.71. The van der Waals surface area contributed by atoms with Crippen molar-refractivity contribution in [2.75, 3.05) is 31.6 Å². The van der Waals surface area contributed by atoms with Gasteiger partial charge in [-0.2, -0.15) is 11.8 Å². The smallest absolute Gasteiger partial charge is 0.160 e. The average Bonchev–Trinajstić information content (AvgIpc) is 3.11. The average molecular weight is 316 g/mol. The molecule has 2 aromatic rings. The molecule has 4 heterocycles. The topological polar surface area (TPSA) is 34.0 Å². The van der Waals surface area contributed by atoms with Gasteiger partial charge in [0.2, 0.25) is 0 Å². The first-order chi connectivity index (χ1) is 10.8. The molecule has 0 amide bonds. The molecule has 0 spiro atoms. The summed E-state index contributed by atoms with van der Waals surface area (Å²) in [6.45, 7) is 2.43. The second kappa shape index (κ2) is 6.20. The normalized spacial score (nSPS) is 24.3. The van der Waals surface area contributed by atoms with Crippen LogP contribution in [0.15, 0.2) is 18.3 Å². The molecular weight excluding hydrogens is 292 g/mol. The maximum Gasteiger partial charge on any atom is 0.160 e. The molecule has 0 bridgehead atoms. The highest BCUT2D eigenvalue weighted by Crippen LogP contribution is 2.32. The number of rotatable bonds is 3. The zero-order valence-electron chi connectivity index (χ0n) is 13.2. The van der Waals surface area contributed by atoms with Crippen LogP contribution in [0.25, 0.3) is 11.2 Å². The van der Waals surface area contributed by atoms with E-state index >= 15 is 0 Å². The van der Waals surface area contributed by atoms with Crippen LogP contribution in [0.2, 0.25) is 0 Å². The van der Waals surface area contributed by atoms with Crippen molar-refractivity contribution in [3.8, 4) is 0 Å². The molecule has 0 N–H and O–H groups in total. The van der Waals surface area contributed by atoms with Crippen LogP contribution < -0.4 is 0 Å². The summed E-state index contributed by atoms with van der Waals surface area (Å²) in [4.78, 5) is 12.0. The molecule has 0 saturated carbocycles. The Labute approximate surface area is 136 Å². The fourth-order valence-corrected chi connectivity index (χ4v) is 4.98. The van der Waals surface area contributed by atoms with Gasteiger partial charge in [0.05, 0.1) is 0 Å². The Morgan fingerprint density at radius 2 is 2.14 bits per heavy atom. The quantitative estimate of drug-likeness (QED) is 0.872. The van der Waals surface area contributed by atoms with E-state index < -0.39 is 0 Å². The first kappa shape index (κ1) is 14.5. The third-order valence-electron chi connectivity index (χ3n) is 5.04. The van der Waals surface area contributed by atoms with Crippen molar-refractivity contribution in [1.29, 1.82) is 0 Å². The summed E-state index contributed by atoms with van der Waals surface area (Å²) in [5.41, 5.74) is 2.17. The fourth-order valence-electron chi connectivity index (χ4n) is 3.90. The molecular formula is C17H24N4S. The Bertz CT molecular complexity index is 647. The van der Waals surface area contributed by atoms with Gasteiger partial charge < -0.3 is 9.47 Å². The van der Waals surface area contributed by atoms with E-state index in [0.29, 0.717) is 6.04 Å². The zero-order chi connectivity index (χ0) is 14.9. The molecule has 22 heavy (non-hydrogen) atoms. The van der Waals surface area contributed by atoms with Crippen molar-refractivity contribution in [1.82, 2.24) is 19.4 Å². The Hall–Kier alpha value is -1.07. The van der Waals surface area contributed by atoms with Gasteiger partial charge in [0, 0.05) is 25.2 Å². The summed E-state index contributed by atoms with van der Waals surface area (Å²) < 4.78 is 2.48. The van der Waals surface area contributed by atoms with Crippen LogP contribution in [0.4, 0.5) is 0 Å². The SMILES string of the molecule is CN1CCC(Cc2nc3cccnc3n2C2CCSCC2)C1. The van der Waals surface area contributed by atoms with E-state index in [2.05, 4.69) is 39.3 Å². The number of hydrogen-bond acceptors (Lipinski definition) is 4. The monoisotopic (exact) mass is 316 g/mol. The maximum absolute atomic E-state index is 4.95. The minimum absolute atomic E-state index is 0.593.